The number of ether oxygens (including phenoxy) is 1. The highest BCUT2D eigenvalue weighted by Crippen LogP contribution is 2.38. The SMILES string of the molecule is Nc1ncc(C(=O)Nc2ccc(OCc3noc(C4CC4)n3)cc2)o1. The molecule has 9 nitrogen and oxygen atoms in total. The van der Waals surface area contributed by atoms with Gasteiger partial charge in [-0.1, -0.05) is 5.16 Å². The molecule has 128 valence electrons. The summed E-state index contributed by atoms with van der Waals surface area (Å²) in [6.45, 7) is 0.221. The maximum absolute atomic E-state index is 11.9. The summed E-state index contributed by atoms with van der Waals surface area (Å²) in [6, 6.07) is 6.82. The van der Waals surface area contributed by atoms with Crippen LogP contribution in [0, 0.1) is 0 Å². The van der Waals surface area contributed by atoms with Gasteiger partial charge >= 0.3 is 0 Å². The van der Waals surface area contributed by atoms with Gasteiger partial charge in [0.25, 0.3) is 11.9 Å². The van der Waals surface area contributed by atoms with Crippen LogP contribution < -0.4 is 15.8 Å². The summed E-state index contributed by atoms with van der Waals surface area (Å²) >= 11 is 0. The van der Waals surface area contributed by atoms with Gasteiger partial charge in [-0.15, -0.1) is 0 Å². The Kier molecular flexibility index (Phi) is 3.81. The lowest BCUT2D eigenvalue weighted by atomic mass is 10.3. The van der Waals surface area contributed by atoms with E-state index < -0.39 is 5.91 Å². The number of hydrogen-bond acceptors (Lipinski definition) is 8. The molecule has 0 spiro atoms. The third kappa shape index (κ3) is 3.60. The normalized spacial score (nSPS) is 13.6. The van der Waals surface area contributed by atoms with E-state index >= 15 is 0 Å². The number of carbonyl (C=O) groups is 1. The summed E-state index contributed by atoms with van der Waals surface area (Å²) in [5.74, 6) is 1.86. The molecule has 1 aromatic carbocycles. The fourth-order valence-electron chi connectivity index (χ4n) is 2.19. The summed E-state index contributed by atoms with van der Waals surface area (Å²) in [4.78, 5) is 19.9. The zero-order valence-electron chi connectivity index (χ0n) is 13.1. The summed E-state index contributed by atoms with van der Waals surface area (Å²) in [5, 5.41) is 6.56. The van der Waals surface area contributed by atoms with E-state index in [4.69, 9.17) is 19.4 Å². The minimum absolute atomic E-state index is 0.0430. The maximum Gasteiger partial charge on any atom is 0.293 e. The Morgan fingerprint density at radius 3 is 2.80 bits per heavy atom. The van der Waals surface area contributed by atoms with E-state index in [0.717, 1.165) is 12.8 Å². The summed E-state index contributed by atoms with van der Waals surface area (Å²) in [5.41, 5.74) is 5.93. The van der Waals surface area contributed by atoms with Crippen molar-refractivity contribution in [1.29, 1.82) is 0 Å². The fourth-order valence-corrected chi connectivity index (χ4v) is 2.19. The number of carbonyl (C=O) groups excluding carboxylic acids is 1. The molecular weight excluding hydrogens is 326 g/mol. The molecule has 25 heavy (non-hydrogen) atoms. The molecule has 0 saturated heterocycles. The number of anilines is 2. The lowest BCUT2D eigenvalue weighted by molar-refractivity contribution is 0.0997. The predicted octanol–water partition coefficient (Wildman–Crippen LogP) is 2.35. The van der Waals surface area contributed by atoms with Gasteiger partial charge in [0.1, 0.15) is 5.75 Å². The van der Waals surface area contributed by atoms with Gasteiger partial charge in [-0.3, -0.25) is 4.79 Å². The van der Waals surface area contributed by atoms with Crippen molar-refractivity contribution >= 4 is 17.6 Å². The minimum atomic E-state index is -0.433. The van der Waals surface area contributed by atoms with Gasteiger partial charge in [-0.2, -0.15) is 4.98 Å². The standard InChI is InChI=1S/C16H15N5O4/c17-16-18-7-12(24-16)14(22)19-10-3-5-11(6-4-10)23-8-13-20-15(25-21-13)9-1-2-9/h3-7,9H,1-2,8H2,(H2,17,18)(H,19,22). The molecule has 4 rings (SSSR count). The Balaban J connectivity index is 1.32. The molecule has 0 radical (unpaired) electrons. The highest BCUT2D eigenvalue weighted by Gasteiger charge is 2.29. The Hall–Kier alpha value is -3.36. The number of hydrogen-bond donors (Lipinski definition) is 2. The van der Waals surface area contributed by atoms with Crippen LogP contribution in [0.3, 0.4) is 0 Å². The average molecular weight is 341 g/mol. The number of rotatable bonds is 6. The van der Waals surface area contributed by atoms with E-state index in [2.05, 4.69) is 20.4 Å². The monoisotopic (exact) mass is 341 g/mol. The number of oxazole rings is 1. The Labute approximate surface area is 142 Å². The average Bonchev–Trinajstić information content (AvgIpc) is 3.19. The third-order valence-electron chi connectivity index (χ3n) is 3.64. The van der Waals surface area contributed by atoms with E-state index in [-0.39, 0.29) is 18.4 Å². The zero-order valence-corrected chi connectivity index (χ0v) is 13.1. The molecule has 0 bridgehead atoms. The number of nitrogens with zero attached hydrogens (tertiary/aromatic N) is 3. The molecule has 1 saturated carbocycles. The first-order valence-electron chi connectivity index (χ1n) is 7.75. The highest BCUT2D eigenvalue weighted by molar-refractivity contribution is 6.02. The summed E-state index contributed by atoms with van der Waals surface area (Å²) in [6.07, 6.45) is 3.48. The molecule has 0 unspecified atom stereocenters. The van der Waals surface area contributed by atoms with Crippen molar-refractivity contribution < 1.29 is 18.5 Å². The van der Waals surface area contributed by atoms with E-state index in [9.17, 15) is 4.79 Å². The van der Waals surface area contributed by atoms with Gasteiger partial charge in [0.2, 0.25) is 17.5 Å². The molecule has 3 N–H and O–H groups in total. The second-order valence-electron chi connectivity index (χ2n) is 5.65. The largest absolute Gasteiger partial charge is 0.485 e. The van der Waals surface area contributed by atoms with Crippen molar-refractivity contribution in [3.05, 3.63) is 47.9 Å². The van der Waals surface area contributed by atoms with Gasteiger partial charge in [0, 0.05) is 11.6 Å². The van der Waals surface area contributed by atoms with Crippen LogP contribution >= 0.6 is 0 Å². The molecule has 9 heteroatoms. The number of nitrogen functional groups attached to an aromatic ring is 1. The van der Waals surface area contributed by atoms with Crippen LogP contribution in [0.4, 0.5) is 11.7 Å². The Morgan fingerprint density at radius 2 is 2.12 bits per heavy atom. The fraction of sp³-hybridized carbons (Fsp3) is 0.250. The number of aromatic nitrogens is 3. The highest BCUT2D eigenvalue weighted by atomic mass is 16.5. The Morgan fingerprint density at radius 1 is 1.32 bits per heavy atom. The van der Waals surface area contributed by atoms with E-state index in [1.54, 1.807) is 24.3 Å². The summed E-state index contributed by atoms with van der Waals surface area (Å²) < 4.78 is 15.7. The van der Waals surface area contributed by atoms with Crippen molar-refractivity contribution in [2.24, 2.45) is 0 Å². The molecule has 1 aliphatic rings. The predicted molar refractivity (Wildman–Crippen MR) is 85.9 cm³/mol. The number of nitrogens with one attached hydrogen (secondary N) is 1. The number of amides is 1. The second-order valence-corrected chi connectivity index (χ2v) is 5.65. The quantitative estimate of drug-likeness (QED) is 0.699. The first-order valence-corrected chi connectivity index (χ1v) is 7.75. The molecule has 2 heterocycles. The first kappa shape index (κ1) is 15.2. The molecule has 2 aromatic heterocycles. The smallest absolute Gasteiger partial charge is 0.293 e. The van der Waals surface area contributed by atoms with Crippen LogP contribution in [0.1, 0.15) is 41.0 Å². The lowest BCUT2D eigenvalue weighted by Crippen LogP contribution is -2.10. The first-order chi connectivity index (χ1) is 12.2. The Bertz CT molecular complexity index is 882. The molecule has 1 fully saturated rings. The van der Waals surface area contributed by atoms with Gasteiger partial charge in [-0.25, -0.2) is 4.98 Å². The van der Waals surface area contributed by atoms with Gasteiger partial charge in [0.15, 0.2) is 6.61 Å². The van der Waals surface area contributed by atoms with Gasteiger partial charge in [0.05, 0.1) is 6.20 Å². The zero-order chi connectivity index (χ0) is 17.2. The molecule has 1 amide bonds. The van der Waals surface area contributed by atoms with Crippen LogP contribution in [0.2, 0.25) is 0 Å². The van der Waals surface area contributed by atoms with Crippen LogP contribution in [-0.4, -0.2) is 21.0 Å². The van der Waals surface area contributed by atoms with Crippen LogP contribution in [-0.2, 0) is 6.61 Å². The molecule has 1 aliphatic carbocycles. The molecule has 3 aromatic rings. The second kappa shape index (κ2) is 6.27. The van der Waals surface area contributed by atoms with E-state index in [0.29, 0.717) is 29.1 Å². The minimum Gasteiger partial charge on any atom is -0.485 e. The topological polar surface area (TPSA) is 129 Å². The maximum atomic E-state index is 11.9. The van der Waals surface area contributed by atoms with Crippen LogP contribution in [0.25, 0.3) is 0 Å². The molecule has 0 atom stereocenters. The van der Waals surface area contributed by atoms with Crippen molar-refractivity contribution in [1.82, 2.24) is 15.1 Å². The lowest BCUT2D eigenvalue weighted by Gasteiger charge is -2.06. The van der Waals surface area contributed by atoms with E-state index in [1.807, 2.05) is 0 Å². The van der Waals surface area contributed by atoms with Gasteiger partial charge in [-0.05, 0) is 37.1 Å². The molecular formula is C16H15N5O4. The van der Waals surface area contributed by atoms with Crippen molar-refractivity contribution in [2.75, 3.05) is 11.1 Å². The summed E-state index contributed by atoms with van der Waals surface area (Å²) in [7, 11) is 0. The van der Waals surface area contributed by atoms with Crippen LogP contribution in [0.15, 0.2) is 39.4 Å². The van der Waals surface area contributed by atoms with E-state index in [1.165, 1.54) is 6.20 Å². The van der Waals surface area contributed by atoms with Crippen molar-refractivity contribution in [3.63, 3.8) is 0 Å². The number of benzene rings is 1. The van der Waals surface area contributed by atoms with Crippen LogP contribution in [0.5, 0.6) is 5.75 Å². The number of nitrogens with two attached hydrogens (primary N) is 1. The third-order valence-corrected chi connectivity index (χ3v) is 3.64. The van der Waals surface area contributed by atoms with Gasteiger partial charge < -0.3 is 24.7 Å². The van der Waals surface area contributed by atoms with Crippen molar-refractivity contribution in [2.45, 2.75) is 25.4 Å². The van der Waals surface area contributed by atoms with Crippen molar-refractivity contribution in [3.8, 4) is 5.75 Å². The molecule has 0 aliphatic heterocycles.